The first-order chi connectivity index (χ1) is 16.2. The van der Waals surface area contributed by atoms with E-state index in [1.165, 1.54) is 43.4 Å². The molecule has 6 aromatic carbocycles. The van der Waals surface area contributed by atoms with Crippen LogP contribution in [0.2, 0.25) is 6.55 Å². The first-order valence-corrected chi connectivity index (χ1v) is 12.8. The summed E-state index contributed by atoms with van der Waals surface area (Å²) in [6.07, 6.45) is 0. The molecule has 178 valence electrons. The number of hydrogen-bond acceptors (Lipinski definition) is 0. The summed E-state index contributed by atoms with van der Waals surface area (Å²) in [6, 6.07) is 46.7. The van der Waals surface area contributed by atoms with Gasteiger partial charge in [0.1, 0.15) is 0 Å². The fourth-order valence-corrected chi connectivity index (χ4v) is 4.47. The molecule has 6 rings (SSSR count). The summed E-state index contributed by atoms with van der Waals surface area (Å²) in [5.41, 5.74) is 3.95. The van der Waals surface area contributed by atoms with E-state index in [4.69, 9.17) is 0 Å². The van der Waals surface area contributed by atoms with Crippen molar-refractivity contribution in [3.63, 3.8) is 0 Å². The molecular weight excluding hydrogens is 528 g/mol. The first-order valence-electron chi connectivity index (χ1n) is 11.3. The topological polar surface area (TPSA) is 0 Å². The van der Waals surface area contributed by atoms with Gasteiger partial charge in [-0.15, -0.1) is 69.6 Å². The summed E-state index contributed by atoms with van der Waals surface area (Å²) in [7, 11) is 0.930. The van der Waals surface area contributed by atoms with E-state index in [1.54, 1.807) is 0 Å². The standard InChI is InChI=1S/C15H11.C10H9.C7H8Si.2CH3.Zr/c1-2-6-12(7-3-1)14-10-4-8-13-9-5-11-15(13)14;1-8-6-9-4-2-3-5-10(9)7-8;1-8-7-5-3-2-4-6-7;;;/h1-11H;2-7H,1H3;2-6H,1H3;2*1H3;/q2*-1;;2*-1;+4. The van der Waals surface area contributed by atoms with Crippen molar-refractivity contribution in [3.8, 4) is 11.1 Å². The molecule has 0 amide bonds. The van der Waals surface area contributed by atoms with Crippen LogP contribution in [0.5, 0.6) is 0 Å². The molecule has 0 N–H and O–H groups in total. The van der Waals surface area contributed by atoms with Gasteiger partial charge in [-0.3, -0.25) is 0 Å². The number of benzene rings is 4. The molecule has 0 nitrogen and oxygen atoms in total. The number of rotatable bonds is 2. The van der Waals surface area contributed by atoms with E-state index in [0.29, 0.717) is 0 Å². The van der Waals surface area contributed by atoms with Crippen LogP contribution in [0.25, 0.3) is 32.7 Å². The van der Waals surface area contributed by atoms with Gasteiger partial charge in [-0.2, -0.15) is 18.2 Å². The molecule has 0 saturated carbocycles. The fourth-order valence-electron chi connectivity index (χ4n) is 3.94. The second-order valence-corrected chi connectivity index (χ2v) is 9.06. The third kappa shape index (κ3) is 8.40. The molecule has 0 unspecified atom stereocenters. The van der Waals surface area contributed by atoms with Crippen LogP contribution >= 0.6 is 0 Å². The molecule has 36 heavy (non-hydrogen) atoms. The van der Waals surface area contributed by atoms with Crippen molar-refractivity contribution in [3.05, 3.63) is 154 Å². The van der Waals surface area contributed by atoms with E-state index in [2.05, 4.69) is 141 Å². The second-order valence-electron chi connectivity index (χ2n) is 7.98. The van der Waals surface area contributed by atoms with Gasteiger partial charge >= 0.3 is 26.2 Å². The van der Waals surface area contributed by atoms with Crippen LogP contribution in [0.1, 0.15) is 5.56 Å². The maximum Gasteiger partial charge on any atom is 4.00 e. The minimum atomic E-state index is 0. The maximum absolute atomic E-state index is 2.20. The van der Waals surface area contributed by atoms with Gasteiger partial charge in [-0.25, -0.2) is 0 Å². The molecule has 0 aromatic heterocycles. The van der Waals surface area contributed by atoms with Crippen molar-refractivity contribution in [2.75, 3.05) is 0 Å². The fraction of sp³-hybridized carbons (Fsp3) is 0.0588. The predicted octanol–water partition coefficient (Wildman–Crippen LogP) is 9.06. The molecule has 0 atom stereocenters. The van der Waals surface area contributed by atoms with Crippen LogP contribution in [0, 0.1) is 21.8 Å². The van der Waals surface area contributed by atoms with Crippen molar-refractivity contribution in [1.29, 1.82) is 0 Å². The van der Waals surface area contributed by atoms with Crippen LogP contribution in [0.3, 0.4) is 0 Å². The molecule has 6 aromatic rings. The quantitative estimate of drug-likeness (QED) is 0.146. The predicted molar refractivity (Wildman–Crippen MR) is 160 cm³/mol. The largest absolute Gasteiger partial charge is 4.00 e. The van der Waals surface area contributed by atoms with E-state index in [9.17, 15) is 0 Å². The van der Waals surface area contributed by atoms with E-state index in [0.717, 1.165) is 9.52 Å². The smallest absolute Gasteiger partial charge is 0.358 e. The SMILES string of the molecule is C[Si]c1ccccc1.Cc1cc2ccccc2[cH-]1.[CH3-].[CH3-].[Zr+4].c1ccc(-c2cccc3[cH-]ccc23)cc1. The van der Waals surface area contributed by atoms with E-state index in [-0.39, 0.29) is 41.1 Å². The Morgan fingerprint density at radius 3 is 1.89 bits per heavy atom. The van der Waals surface area contributed by atoms with Crippen LogP contribution in [0.4, 0.5) is 0 Å². The first kappa shape index (κ1) is 31.2. The van der Waals surface area contributed by atoms with Gasteiger partial charge < -0.3 is 14.9 Å². The Labute approximate surface area is 239 Å². The van der Waals surface area contributed by atoms with Gasteiger partial charge in [0.05, 0.1) is 9.52 Å². The third-order valence-electron chi connectivity index (χ3n) is 5.59. The Morgan fingerprint density at radius 2 is 1.25 bits per heavy atom. The van der Waals surface area contributed by atoms with Crippen molar-refractivity contribution in [2.45, 2.75) is 13.5 Å². The van der Waals surface area contributed by atoms with Crippen LogP contribution in [-0.4, -0.2) is 9.52 Å². The summed E-state index contributed by atoms with van der Waals surface area (Å²) < 4.78 is 0. The molecule has 0 saturated heterocycles. The zero-order valence-electron chi connectivity index (χ0n) is 21.7. The van der Waals surface area contributed by atoms with Crippen molar-refractivity contribution >= 4 is 36.3 Å². The third-order valence-corrected chi connectivity index (χ3v) is 6.50. The molecule has 0 fully saturated rings. The minimum Gasteiger partial charge on any atom is -0.358 e. The normalized spacial score (nSPS) is 9.39. The van der Waals surface area contributed by atoms with Crippen molar-refractivity contribution < 1.29 is 26.2 Å². The zero-order valence-corrected chi connectivity index (χ0v) is 25.2. The Bertz CT molecular complexity index is 1360. The number of aryl methyl sites for hydroxylation is 1. The van der Waals surface area contributed by atoms with Gasteiger partial charge in [0, 0.05) is 0 Å². The summed E-state index contributed by atoms with van der Waals surface area (Å²) >= 11 is 0. The van der Waals surface area contributed by atoms with Crippen LogP contribution < -0.4 is 5.19 Å². The molecule has 2 heteroatoms. The number of hydrogen-bond donors (Lipinski definition) is 0. The summed E-state index contributed by atoms with van der Waals surface area (Å²) in [4.78, 5) is 0. The average molecular weight is 562 g/mol. The maximum atomic E-state index is 2.20. The van der Waals surface area contributed by atoms with Crippen molar-refractivity contribution in [2.24, 2.45) is 0 Å². The van der Waals surface area contributed by atoms with Crippen molar-refractivity contribution in [1.82, 2.24) is 0 Å². The molecule has 0 aliphatic heterocycles. The van der Waals surface area contributed by atoms with E-state index >= 15 is 0 Å². The Hall–Kier alpha value is -2.80. The second kappa shape index (κ2) is 16.0. The van der Waals surface area contributed by atoms with Gasteiger partial charge in [-0.05, 0) is 5.56 Å². The van der Waals surface area contributed by atoms with E-state index < -0.39 is 0 Å². The average Bonchev–Trinajstić information content (AvgIpc) is 3.51. The summed E-state index contributed by atoms with van der Waals surface area (Å²) in [5, 5.41) is 6.78. The van der Waals surface area contributed by atoms with Gasteiger partial charge in [-0.1, -0.05) is 97.0 Å². The summed E-state index contributed by atoms with van der Waals surface area (Å²) in [5.74, 6) is 0. The molecule has 2 radical (unpaired) electrons. The van der Waals surface area contributed by atoms with Gasteiger partial charge in [0.25, 0.3) is 0 Å². The summed E-state index contributed by atoms with van der Waals surface area (Å²) in [6.45, 7) is 4.31. The van der Waals surface area contributed by atoms with Crippen LogP contribution in [-0.2, 0) is 26.2 Å². The Morgan fingerprint density at radius 1 is 0.639 bits per heavy atom. The van der Waals surface area contributed by atoms with Gasteiger partial charge in [0.2, 0.25) is 0 Å². The Balaban J connectivity index is 0.000000273. The van der Waals surface area contributed by atoms with Crippen LogP contribution in [0.15, 0.2) is 133 Å². The molecule has 0 spiro atoms. The number of fused-ring (bicyclic) bond motifs is 2. The van der Waals surface area contributed by atoms with E-state index in [1.807, 2.05) is 6.07 Å². The molecular formula is C34H34SiZr. The monoisotopic (exact) mass is 560 g/mol. The molecule has 0 aliphatic carbocycles. The molecule has 0 heterocycles. The Kier molecular flexibility index (Phi) is 13.9. The molecule has 0 bridgehead atoms. The molecule has 0 aliphatic rings. The zero-order chi connectivity index (χ0) is 22.9. The van der Waals surface area contributed by atoms with Gasteiger partial charge in [0.15, 0.2) is 0 Å². The minimum absolute atomic E-state index is 0.